The Hall–Kier alpha value is -1.39. The minimum Gasteiger partial charge on any atom is -0.508 e. The Balaban J connectivity index is 2.23. The van der Waals surface area contributed by atoms with Gasteiger partial charge in [0.05, 0.1) is 18.2 Å². The van der Waals surface area contributed by atoms with Crippen molar-refractivity contribution in [2.24, 2.45) is 0 Å². The van der Waals surface area contributed by atoms with Crippen molar-refractivity contribution in [3.8, 4) is 11.5 Å². The van der Waals surface area contributed by atoms with Gasteiger partial charge in [-0.05, 0) is 59.3 Å². The average molecular weight is 357 g/mol. The van der Waals surface area contributed by atoms with E-state index >= 15 is 0 Å². The van der Waals surface area contributed by atoms with Gasteiger partial charge in [0.2, 0.25) is 0 Å². The van der Waals surface area contributed by atoms with E-state index in [2.05, 4.69) is 21.2 Å². The first-order valence-electron chi connectivity index (χ1n) is 6.09. The Bertz CT molecular complexity index is 619. The summed E-state index contributed by atoms with van der Waals surface area (Å²) < 4.78 is 6.03. The van der Waals surface area contributed by atoms with Crippen molar-refractivity contribution < 1.29 is 9.84 Å². The lowest BCUT2D eigenvalue weighted by Gasteiger charge is -2.18. The summed E-state index contributed by atoms with van der Waals surface area (Å²) in [5.74, 6) is 0.939. The molecule has 1 unspecified atom stereocenters. The molecule has 0 spiro atoms. The van der Waals surface area contributed by atoms with Crippen LogP contribution in [0.2, 0.25) is 5.02 Å². The molecule has 0 aromatic heterocycles. The molecule has 20 heavy (non-hydrogen) atoms. The van der Waals surface area contributed by atoms with Gasteiger partial charge in [0, 0.05) is 15.7 Å². The van der Waals surface area contributed by atoms with Gasteiger partial charge in [-0.25, -0.2) is 0 Å². The van der Waals surface area contributed by atoms with E-state index in [1.54, 1.807) is 19.2 Å². The number of halogens is 2. The first-order chi connectivity index (χ1) is 9.51. The second-order valence-corrected chi connectivity index (χ2v) is 5.68. The van der Waals surface area contributed by atoms with Gasteiger partial charge in [-0.15, -0.1) is 0 Å². The normalized spacial score (nSPS) is 12.0. The fourth-order valence-corrected chi connectivity index (χ4v) is 2.35. The number of rotatable bonds is 4. The zero-order valence-corrected chi connectivity index (χ0v) is 13.5. The van der Waals surface area contributed by atoms with Crippen LogP contribution in [0.4, 0.5) is 5.69 Å². The van der Waals surface area contributed by atoms with Crippen molar-refractivity contribution in [3.63, 3.8) is 0 Å². The van der Waals surface area contributed by atoms with Gasteiger partial charge < -0.3 is 15.2 Å². The first kappa shape index (κ1) is 15.0. The summed E-state index contributed by atoms with van der Waals surface area (Å²) in [4.78, 5) is 0. The molecule has 0 amide bonds. The van der Waals surface area contributed by atoms with E-state index in [0.717, 1.165) is 15.7 Å². The van der Waals surface area contributed by atoms with Crippen LogP contribution in [0.25, 0.3) is 0 Å². The monoisotopic (exact) mass is 355 g/mol. The van der Waals surface area contributed by atoms with Gasteiger partial charge in [0.15, 0.2) is 0 Å². The second kappa shape index (κ2) is 6.37. The minimum atomic E-state index is -0.0812. The van der Waals surface area contributed by atoms with Crippen molar-refractivity contribution in [2.75, 3.05) is 12.4 Å². The molecular formula is C15H15BrClNO2. The number of nitrogens with one attached hydrogen (secondary N) is 1. The van der Waals surface area contributed by atoms with E-state index in [4.69, 9.17) is 16.3 Å². The molecule has 0 radical (unpaired) electrons. The summed E-state index contributed by atoms with van der Waals surface area (Å²) in [5.41, 5.74) is 1.65. The van der Waals surface area contributed by atoms with Crippen molar-refractivity contribution >= 4 is 33.2 Å². The highest BCUT2D eigenvalue weighted by Crippen LogP contribution is 2.32. The Kier molecular flexibility index (Phi) is 4.78. The molecule has 0 aliphatic rings. The smallest absolute Gasteiger partial charge is 0.121 e. The van der Waals surface area contributed by atoms with Gasteiger partial charge in [0.25, 0.3) is 0 Å². The number of aromatic hydroxyl groups is 1. The predicted molar refractivity (Wildman–Crippen MR) is 85.8 cm³/mol. The van der Waals surface area contributed by atoms with Gasteiger partial charge in [-0.3, -0.25) is 0 Å². The van der Waals surface area contributed by atoms with Crippen molar-refractivity contribution in [2.45, 2.75) is 13.0 Å². The summed E-state index contributed by atoms with van der Waals surface area (Å²) in [6.07, 6.45) is 0. The lowest BCUT2D eigenvalue weighted by Crippen LogP contribution is -2.07. The maximum atomic E-state index is 9.95. The number of phenols is 1. The lowest BCUT2D eigenvalue weighted by atomic mass is 10.1. The fourth-order valence-electron chi connectivity index (χ4n) is 1.92. The van der Waals surface area contributed by atoms with Gasteiger partial charge in [0.1, 0.15) is 11.5 Å². The number of hydrogen-bond donors (Lipinski definition) is 2. The minimum absolute atomic E-state index is 0.0812. The summed E-state index contributed by atoms with van der Waals surface area (Å²) in [7, 11) is 1.60. The Morgan fingerprint density at radius 2 is 2.00 bits per heavy atom. The maximum absolute atomic E-state index is 9.95. The molecular weight excluding hydrogens is 342 g/mol. The largest absolute Gasteiger partial charge is 0.508 e. The average Bonchev–Trinajstić information content (AvgIpc) is 2.43. The standard InChI is InChI=1S/C15H15BrClNO2/c1-9(12-8-11(20-2)4-6-15(12)19)18-10-3-5-13(16)14(17)7-10/h3-9,18-19H,1-2H3. The van der Waals surface area contributed by atoms with Crippen LogP contribution < -0.4 is 10.1 Å². The van der Waals surface area contributed by atoms with Crippen molar-refractivity contribution in [1.82, 2.24) is 0 Å². The van der Waals surface area contributed by atoms with Gasteiger partial charge >= 0.3 is 0 Å². The molecule has 2 aromatic carbocycles. The van der Waals surface area contributed by atoms with E-state index < -0.39 is 0 Å². The van der Waals surface area contributed by atoms with Crippen LogP contribution in [0.1, 0.15) is 18.5 Å². The van der Waals surface area contributed by atoms with Crippen molar-refractivity contribution in [3.05, 3.63) is 51.5 Å². The molecule has 2 rings (SSSR count). The van der Waals surface area contributed by atoms with E-state index in [0.29, 0.717) is 10.8 Å². The summed E-state index contributed by atoms with van der Waals surface area (Å²) >= 11 is 9.42. The number of methoxy groups -OCH3 is 1. The second-order valence-electron chi connectivity index (χ2n) is 4.42. The number of anilines is 1. The molecule has 1 atom stereocenters. The quantitative estimate of drug-likeness (QED) is 0.811. The number of hydrogen-bond acceptors (Lipinski definition) is 3. The van der Waals surface area contributed by atoms with Crippen LogP contribution in [-0.2, 0) is 0 Å². The SMILES string of the molecule is COc1ccc(O)c(C(C)Nc2ccc(Br)c(Cl)c2)c1. The molecule has 0 heterocycles. The zero-order chi connectivity index (χ0) is 14.7. The molecule has 0 aliphatic carbocycles. The molecule has 106 valence electrons. The highest BCUT2D eigenvalue weighted by molar-refractivity contribution is 9.10. The van der Waals surface area contributed by atoms with E-state index in [9.17, 15) is 5.11 Å². The van der Waals surface area contributed by atoms with Crippen LogP contribution in [0.5, 0.6) is 11.5 Å². The number of ether oxygens (including phenoxy) is 1. The Morgan fingerprint density at radius 1 is 1.25 bits per heavy atom. The molecule has 3 nitrogen and oxygen atoms in total. The summed E-state index contributed by atoms with van der Waals surface area (Å²) in [6.45, 7) is 1.96. The van der Waals surface area contributed by atoms with E-state index in [1.807, 2.05) is 31.2 Å². The molecule has 0 saturated heterocycles. The highest BCUT2D eigenvalue weighted by atomic mass is 79.9. The van der Waals surface area contributed by atoms with Crippen LogP contribution in [0.3, 0.4) is 0 Å². The third-order valence-electron chi connectivity index (χ3n) is 3.00. The molecule has 2 aromatic rings. The molecule has 0 bridgehead atoms. The Morgan fingerprint density at radius 3 is 2.65 bits per heavy atom. The summed E-state index contributed by atoms with van der Waals surface area (Å²) in [5, 5.41) is 13.9. The Labute approximate surface area is 131 Å². The molecule has 0 saturated carbocycles. The van der Waals surface area contributed by atoms with Crippen LogP contribution in [0, 0.1) is 0 Å². The molecule has 2 N–H and O–H groups in total. The van der Waals surface area contributed by atoms with Gasteiger partial charge in [-0.1, -0.05) is 11.6 Å². The number of benzene rings is 2. The summed E-state index contributed by atoms with van der Waals surface area (Å²) in [6, 6.07) is 10.7. The predicted octanol–water partition coefficient (Wildman–Crippen LogP) is 4.99. The third kappa shape index (κ3) is 3.38. The van der Waals surface area contributed by atoms with E-state index in [1.165, 1.54) is 0 Å². The van der Waals surface area contributed by atoms with Crippen LogP contribution in [0.15, 0.2) is 40.9 Å². The third-order valence-corrected chi connectivity index (χ3v) is 4.24. The zero-order valence-electron chi connectivity index (χ0n) is 11.2. The topological polar surface area (TPSA) is 41.5 Å². The molecule has 5 heteroatoms. The maximum Gasteiger partial charge on any atom is 0.121 e. The van der Waals surface area contributed by atoms with Crippen molar-refractivity contribution in [1.29, 1.82) is 0 Å². The fraction of sp³-hybridized carbons (Fsp3) is 0.200. The van der Waals surface area contributed by atoms with Crippen LogP contribution in [-0.4, -0.2) is 12.2 Å². The lowest BCUT2D eigenvalue weighted by molar-refractivity contribution is 0.410. The van der Waals surface area contributed by atoms with E-state index in [-0.39, 0.29) is 11.8 Å². The van der Waals surface area contributed by atoms with Crippen LogP contribution >= 0.6 is 27.5 Å². The number of phenolic OH excluding ortho intramolecular Hbond substituents is 1. The highest BCUT2D eigenvalue weighted by Gasteiger charge is 2.12. The molecule has 0 aliphatic heterocycles. The van der Waals surface area contributed by atoms with Gasteiger partial charge in [-0.2, -0.15) is 0 Å². The first-order valence-corrected chi connectivity index (χ1v) is 7.27. The molecule has 0 fully saturated rings.